The van der Waals surface area contributed by atoms with E-state index in [1.54, 1.807) is 0 Å². The number of aryl methyl sites for hydroxylation is 2. The van der Waals surface area contributed by atoms with E-state index in [1.807, 2.05) is 13.1 Å². The first-order chi connectivity index (χ1) is 17.7. The van der Waals surface area contributed by atoms with Gasteiger partial charge in [-0.15, -0.1) is 0 Å². The summed E-state index contributed by atoms with van der Waals surface area (Å²) in [5.41, 5.74) is 10.8. The number of aliphatic carboxylic acids is 1. The molecular weight excluding hydrogens is 458 g/mol. The molecule has 0 unspecified atom stereocenters. The van der Waals surface area contributed by atoms with Crippen LogP contribution in [0.5, 0.6) is 0 Å². The lowest BCUT2D eigenvalue weighted by molar-refractivity contribution is -0.136. The van der Waals surface area contributed by atoms with Gasteiger partial charge in [-0.2, -0.15) is 0 Å². The Morgan fingerprint density at radius 1 is 1.03 bits per heavy atom. The van der Waals surface area contributed by atoms with Gasteiger partial charge in [0.05, 0.1) is 12.1 Å². The molecule has 0 aliphatic carbocycles. The van der Waals surface area contributed by atoms with Crippen LogP contribution in [0, 0.1) is 19.3 Å². The van der Waals surface area contributed by atoms with E-state index >= 15 is 0 Å². The van der Waals surface area contributed by atoms with Crippen LogP contribution in [0.2, 0.25) is 0 Å². The standard InChI is InChI=1S/C32H39N3O2/c1-22-7-5-6-8-26(22)20-34-14-11-24-17-25(9-10-27(24)21-34)29-19-33-23(2)28(18-30(36)37)31(29)35-15-12-32(3,4)13-16-35/h5-10,17,19H,11-16,18,20-21H2,1-4H3,(H,36,37). The molecule has 1 N–H and O–H groups in total. The summed E-state index contributed by atoms with van der Waals surface area (Å²) < 4.78 is 0. The first kappa shape index (κ1) is 25.5. The average Bonchev–Trinajstić information content (AvgIpc) is 2.86. The number of hydrogen-bond acceptors (Lipinski definition) is 4. The number of pyridine rings is 1. The fraction of sp³-hybridized carbons (Fsp3) is 0.438. The predicted octanol–water partition coefficient (Wildman–Crippen LogP) is 6.18. The number of piperidine rings is 1. The Bertz CT molecular complexity index is 1300. The summed E-state index contributed by atoms with van der Waals surface area (Å²) in [5.74, 6) is -0.806. The van der Waals surface area contributed by atoms with Gasteiger partial charge in [0, 0.05) is 55.7 Å². The van der Waals surface area contributed by atoms with Crippen molar-refractivity contribution >= 4 is 11.7 Å². The number of nitrogens with zero attached hydrogens (tertiary/aromatic N) is 3. The molecule has 5 heteroatoms. The Morgan fingerprint density at radius 3 is 2.51 bits per heavy atom. The maximum Gasteiger partial charge on any atom is 0.307 e. The van der Waals surface area contributed by atoms with Crippen molar-refractivity contribution in [2.45, 2.75) is 66.5 Å². The van der Waals surface area contributed by atoms with Crippen LogP contribution >= 0.6 is 0 Å². The summed E-state index contributed by atoms with van der Waals surface area (Å²) in [6, 6.07) is 15.5. The SMILES string of the molecule is Cc1ccccc1CN1CCc2cc(-c3cnc(C)c(CC(=O)O)c3N3CCC(C)(C)CC3)ccc2C1. The van der Waals surface area contributed by atoms with E-state index < -0.39 is 5.97 Å². The van der Waals surface area contributed by atoms with Gasteiger partial charge < -0.3 is 10.0 Å². The van der Waals surface area contributed by atoms with Gasteiger partial charge in [0.1, 0.15) is 0 Å². The van der Waals surface area contributed by atoms with Crippen molar-refractivity contribution in [2.24, 2.45) is 5.41 Å². The van der Waals surface area contributed by atoms with Crippen LogP contribution < -0.4 is 4.90 Å². The molecule has 0 radical (unpaired) electrons. The summed E-state index contributed by atoms with van der Waals surface area (Å²) in [5, 5.41) is 9.71. The minimum absolute atomic E-state index is 0.000697. The minimum Gasteiger partial charge on any atom is -0.481 e. The molecule has 5 rings (SSSR count). The molecule has 0 atom stereocenters. The second-order valence-corrected chi connectivity index (χ2v) is 11.7. The van der Waals surface area contributed by atoms with E-state index in [4.69, 9.17) is 0 Å². The van der Waals surface area contributed by atoms with Gasteiger partial charge in [0.2, 0.25) is 0 Å². The van der Waals surface area contributed by atoms with Crippen molar-refractivity contribution in [3.63, 3.8) is 0 Å². The van der Waals surface area contributed by atoms with Gasteiger partial charge >= 0.3 is 5.97 Å². The number of benzene rings is 2. The predicted molar refractivity (Wildman–Crippen MR) is 150 cm³/mol. The van der Waals surface area contributed by atoms with Crippen LogP contribution in [0.4, 0.5) is 5.69 Å². The molecule has 0 amide bonds. The fourth-order valence-corrected chi connectivity index (χ4v) is 5.85. The summed E-state index contributed by atoms with van der Waals surface area (Å²) in [4.78, 5) is 21.4. The van der Waals surface area contributed by atoms with Crippen molar-refractivity contribution in [1.82, 2.24) is 9.88 Å². The number of fused-ring (bicyclic) bond motifs is 1. The minimum atomic E-state index is -0.806. The Labute approximate surface area is 221 Å². The van der Waals surface area contributed by atoms with E-state index in [9.17, 15) is 9.90 Å². The molecular formula is C32H39N3O2. The van der Waals surface area contributed by atoms with Crippen LogP contribution in [-0.2, 0) is 30.7 Å². The lowest BCUT2D eigenvalue weighted by Crippen LogP contribution is -2.38. The van der Waals surface area contributed by atoms with Crippen molar-refractivity contribution in [3.8, 4) is 11.1 Å². The zero-order valence-electron chi connectivity index (χ0n) is 22.7. The normalized spacial score (nSPS) is 17.5. The monoisotopic (exact) mass is 497 g/mol. The second kappa shape index (κ2) is 10.3. The Kier molecular flexibility index (Phi) is 7.09. The summed E-state index contributed by atoms with van der Waals surface area (Å²) >= 11 is 0. The number of rotatable bonds is 6. The summed E-state index contributed by atoms with van der Waals surface area (Å²) in [7, 11) is 0. The highest BCUT2D eigenvalue weighted by atomic mass is 16.4. The topological polar surface area (TPSA) is 56.7 Å². The highest BCUT2D eigenvalue weighted by Gasteiger charge is 2.29. The third kappa shape index (κ3) is 5.57. The summed E-state index contributed by atoms with van der Waals surface area (Å²) in [6.45, 7) is 13.6. The van der Waals surface area contributed by atoms with Crippen molar-refractivity contribution in [3.05, 3.63) is 82.2 Å². The summed E-state index contributed by atoms with van der Waals surface area (Å²) in [6.07, 6.45) is 5.18. The number of hydrogen-bond donors (Lipinski definition) is 1. The average molecular weight is 498 g/mol. The van der Waals surface area contributed by atoms with Crippen LogP contribution in [0.1, 0.15) is 60.2 Å². The van der Waals surface area contributed by atoms with Crippen LogP contribution in [0.25, 0.3) is 11.1 Å². The lowest BCUT2D eigenvalue weighted by Gasteiger charge is -2.40. The lowest BCUT2D eigenvalue weighted by atomic mass is 9.82. The first-order valence-corrected chi connectivity index (χ1v) is 13.5. The Hall–Kier alpha value is -3.18. The number of carboxylic acids is 1. The van der Waals surface area contributed by atoms with Crippen LogP contribution in [-0.4, -0.2) is 40.6 Å². The smallest absolute Gasteiger partial charge is 0.307 e. The molecule has 1 fully saturated rings. The van der Waals surface area contributed by atoms with Crippen molar-refractivity contribution in [2.75, 3.05) is 24.5 Å². The number of carboxylic acid groups (broad SMARTS) is 1. The van der Waals surface area contributed by atoms with Gasteiger partial charge in [0.15, 0.2) is 0 Å². The second-order valence-electron chi connectivity index (χ2n) is 11.7. The molecule has 0 spiro atoms. The van der Waals surface area contributed by atoms with E-state index in [0.29, 0.717) is 5.41 Å². The van der Waals surface area contributed by atoms with Gasteiger partial charge in [-0.1, -0.05) is 56.3 Å². The van der Waals surface area contributed by atoms with E-state index in [2.05, 4.69) is 78.0 Å². The van der Waals surface area contributed by atoms with Crippen molar-refractivity contribution < 1.29 is 9.90 Å². The largest absolute Gasteiger partial charge is 0.481 e. The van der Waals surface area contributed by atoms with Crippen LogP contribution in [0.15, 0.2) is 48.7 Å². The molecule has 3 heterocycles. The fourth-order valence-electron chi connectivity index (χ4n) is 5.85. The zero-order valence-corrected chi connectivity index (χ0v) is 22.7. The molecule has 5 nitrogen and oxygen atoms in total. The highest BCUT2D eigenvalue weighted by molar-refractivity contribution is 5.85. The first-order valence-electron chi connectivity index (χ1n) is 13.5. The third-order valence-corrected chi connectivity index (χ3v) is 8.39. The molecule has 2 aromatic carbocycles. The maximum absolute atomic E-state index is 11.8. The van der Waals surface area contributed by atoms with Gasteiger partial charge in [0.25, 0.3) is 0 Å². The molecule has 194 valence electrons. The molecule has 2 aliphatic heterocycles. The van der Waals surface area contributed by atoms with Crippen LogP contribution in [0.3, 0.4) is 0 Å². The maximum atomic E-state index is 11.8. The third-order valence-electron chi connectivity index (χ3n) is 8.39. The number of anilines is 1. The van der Waals surface area contributed by atoms with Gasteiger partial charge in [-0.25, -0.2) is 0 Å². The Morgan fingerprint density at radius 2 is 1.78 bits per heavy atom. The number of aromatic nitrogens is 1. The highest BCUT2D eigenvalue weighted by Crippen LogP contribution is 2.40. The molecule has 3 aromatic rings. The van der Waals surface area contributed by atoms with Crippen molar-refractivity contribution in [1.29, 1.82) is 0 Å². The molecule has 0 bridgehead atoms. The van der Waals surface area contributed by atoms with E-state index in [-0.39, 0.29) is 6.42 Å². The number of carbonyl (C=O) groups is 1. The molecule has 2 aliphatic rings. The zero-order chi connectivity index (χ0) is 26.2. The molecule has 0 saturated carbocycles. The molecule has 37 heavy (non-hydrogen) atoms. The Balaban J connectivity index is 1.46. The molecule has 1 aromatic heterocycles. The van der Waals surface area contributed by atoms with Gasteiger partial charge in [-0.3, -0.25) is 14.7 Å². The van der Waals surface area contributed by atoms with Gasteiger partial charge in [-0.05, 0) is 66.3 Å². The molecule has 1 saturated heterocycles. The quantitative estimate of drug-likeness (QED) is 0.441. The van der Waals surface area contributed by atoms with E-state index in [0.717, 1.165) is 80.1 Å². The van der Waals surface area contributed by atoms with E-state index in [1.165, 1.54) is 22.3 Å².